The van der Waals surface area contributed by atoms with Crippen molar-refractivity contribution >= 4 is 32.1 Å². The van der Waals surface area contributed by atoms with Crippen LogP contribution in [0.25, 0.3) is 0 Å². The third kappa shape index (κ3) is 2.45. The number of phenols is 1. The van der Waals surface area contributed by atoms with Crippen LogP contribution in [-0.4, -0.2) is 24.6 Å². The Kier molecular flexibility index (Phi) is 3.00. The van der Waals surface area contributed by atoms with Gasteiger partial charge in [0, 0.05) is 4.47 Å². The second-order valence-electron chi connectivity index (χ2n) is 2.54. The van der Waals surface area contributed by atoms with E-state index in [-0.39, 0.29) is 4.47 Å². The van der Waals surface area contributed by atoms with Gasteiger partial charge in [0.2, 0.25) is 0 Å². The van der Waals surface area contributed by atoms with E-state index in [0.29, 0.717) is 6.07 Å². The van der Waals surface area contributed by atoms with Crippen LogP contribution in [-0.2, 0) is 10.2 Å². The number of hydrogen-bond acceptors (Lipinski definition) is 4. The van der Waals surface area contributed by atoms with Crippen molar-refractivity contribution in [1.29, 1.82) is 0 Å². The lowest BCUT2D eigenvalue weighted by Gasteiger charge is -2.03. The molecule has 0 fully saturated rings. The molecule has 1 rings (SSSR count). The Morgan fingerprint density at radius 1 is 1.40 bits per heavy atom. The van der Waals surface area contributed by atoms with Gasteiger partial charge >= 0.3 is 16.2 Å². The summed E-state index contributed by atoms with van der Waals surface area (Å²) in [5.41, 5.74) is -0.686. The first kappa shape index (κ1) is 11.9. The first-order valence-electron chi connectivity index (χ1n) is 3.44. The molecule has 0 saturated heterocycles. The highest BCUT2D eigenvalue weighted by Crippen LogP contribution is 2.30. The number of aromatic hydroxyl groups is 1. The van der Waals surface area contributed by atoms with Gasteiger partial charge in [-0.15, -0.1) is 3.89 Å². The van der Waals surface area contributed by atoms with Crippen LogP contribution >= 0.6 is 15.9 Å². The normalized spacial score (nSPS) is 11.3. The van der Waals surface area contributed by atoms with Gasteiger partial charge in [-0.3, -0.25) is 0 Å². The minimum atomic E-state index is -5.03. The van der Waals surface area contributed by atoms with E-state index >= 15 is 0 Å². The summed E-state index contributed by atoms with van der Waals surface area (Å²) in [7, 11) is -5.03. The van der Waals surface area contributed by atoms with Crippen LogP contribution in [0, 0.1) is 0 Å². The number of benzene rings is 1. The molecule has 0 saturated carbocycles. The van der Waals surface area contributed by atoms with E-state index in [1.807, 2.05) is 0 Å². The minimum Gasteiger partial charge on any atom is -0.507 e. The SMILES string of the molecule is O=C(O)c1cc(S(=O)(=O)F)c(Br)cc1O. The van der Waals surface area contributed by atoms with Crippen molar-refractivity contribution < 1.29 is 27.3 Å². The molecule has 0 spiro atoms. The Balaban J connectivity index is 3.58. The predicted molar refractivity (Wildman–Crippen MR) is 51.1 cm³/mol. The highest BCUT2D eigenvalue weighted by atomic mass is 79.9. The third-order valence-electron chi connectivity index (χ3n) is 1.54. The number of halogens is 2. The van der Waals surface area contributed by atoms with E-state index in [4.69, 9.17) is 10.2 Å². The summed E-state index contributed by atoms with van der Waals surface area (Å²) in [4.78, 5) is 9.68. The van der Waals surface area contributed by atoms with Crippen molar-refractivity contribution in [2.45, 2.75) is 4.90 Å². The summed E-state index contributed by atoms with van der Waals surface area (Å²) in [5, 5.41) is 17.7. The van der Waals surface area contributed by atoms with Crippen molar-refractivity contribution in [2.75, 3.05) is 0 Å². The Hall–Kier alpha value is -1.15. The number of rotatable bonds is 2. The Morgan fingerprint density at radius 2 is 1.93 bits per heavy atom. The summed E-state index contributed by atoms with van der Waals surface area (Å²) in [6, 6.07) is 1.34. The van der Waals surface area contributed by atoms with Gasteiger partial charge in [0.1, 0.15) is 16.2 Å². The van der Waals surface area contributed by atoms with E-state index in [0.717, 1.165) is 6.07 Å². The van der Waals surface area contributed by atoms with Crippen molar-refractivity contribution in [3.63, 3.8) is 0 Å². The molecule has 0 bridgehead atoms. The van der Waals surface area contributed by atoms with Gasteiger partial charge in [0.05, 0.1) is 0 Å². The smallest absolute Gasteiger partial charge is 0.339 e. The molecule has 8 heteroatoms. The standard InChI is InChI=1S/C7H4BrFO5S/c8-4-2-5(10)3(7(11)12)1-6(4)15(9,13)14/h1-2,10H,(H,11,12). The molecule has 15 heavy (non-hydrogen) atoms. The summed E-state index contributed by atoms with van der Waals surface area (Å²) >= 11 is 2.69. The van der Waals surface area contributed by atoms with Crippen LogP contribution in [0.4, 0.5) is 3.89 Å². The fourth-order valence-corrected chi connectivity index (χ4v) is 2.36. The maximum atomic E-state index is 12.6. The van der Waals surface area contributed by atoms with E-state index in [1.54, 1.807) is 0 Å². The van der Waals surface area contributed by atoms with Crippen molar-refractivity contribution in [1.82, 2.24) is 0 Å². The summed E-state index contributed by atoms with van der Waals surface area (Å²) < 4.78 is 33.5. The van der Waals surface area contributed by atoms with Crippen molar-refractivity contribution in [3.05, 3.63) is 22.2 Å². The average Bonchev–Trinajstić information content (AvgIpc) is 2.00. The Bertz CT molecular complexity index is 524. The fraction of sp³-hybridized carbons (Fsp3) is 0. The molecule has 0 unspecified atom stereocenters. The zero-order valence-electron chi connectivity index (χ0n) is 6.94. The molecule has 2 N–H and O–H groups in total. The fourth-order valence-electron chi connectivity index (χ4n) is 0.901. The Labute approximate surface area is 92.5 Å². The maximum absolute atomic E-state index is 12.6. The van der Waals surface area contributed by atoms with Crippen LogP contribution < -0.4 is 0 Å². The molecular weight excluding hydrogens is 295 g/mol. The van der Waals surface area contributed by atoms with Crippen molar-refractivity contribution in [2.24, 2.45) is 0 Å². The van der Waals surface area contributed by atoms with Gasteiger partial charge < -0.3 is 10.2 Å². The number of carboxylic acid groups (broad SMARTS) is 1. The topological polar surface area (TPSA) is 91.7 Å². The molecule has 5 nitrogen and oxygen atoms in total. The zero-order valence-corrected chi connectivity index (χ0v) is 9.34. The van der Waals surface area contributed by atoms with E-state index in [1.165, 1.54) is 0 Å². The summed E-state index contributed by atoms with van der Waals surface area (Å²) in [6.07, 6.45) is 0. The quantitative estimate of drug-likeness (QED) is 0.808. The van der Waals surface area contributed by atoms with E-state index < -0.39 is 32.4 Å². The maximum Gasteiger partial charge on any atom is 0.339 e. The van der Waals surface area contributed by atoms with Crippen LogP contribution in [0.2, 0.25) is 0 Å². The first-order chi connectivity index (χ1) is 6.73. The molecule has 1 aromatic carbocycles. The predicted octanol–water partition coefficient (Wildman–Crippen LogP) is 1.51. The van der Waals surface area contributed by atoms with Crippen LogP contribution in [0.15, 0.2) is 21.5 Å². The van der Waals surface area contributed by atoms with Gasteiger partial charge in [-0.2, -0.15) is 8.42 Å². The van der Waals surface area contributed by atoms with Crippen LogP contribution in [0.1, 0.15) is 10.4 Å². The minimum absolute atomic E-state index is 0.243. The number of carbonyl (C=O) groups is 1. The molecule has 0 radical (unpaired) electrons. The molecule has 1 aromatic rings. The highest BCUT2D eigenvalue weighted by Gasteiger charge is 2.21. The molecule has 0 atom stereocenters. The van der Waals surface area contributed by atoms with E-state index in [2.05, 4.69) is 15.9 Å². The summed E-state index contributed by atoms with van der Waals surface area (Å²) in [6.45, 7) is 0. The third-order valence-corrected chi connectivity index (χ3v) is 3.32. The van der Waals surface area contributed by atoms with E-state index in [9.17, 15) is 17.1 Å². The molecule has 0 heterocycles. The molecule has 0 aromatic heterocycles. The lowest BCUT2D eigenvalue weighted by Crippen LogP contribution is -2.01. The first-order valence-corrected chi connectivity index (χ1v) is 5.61. The van der Waals surface area contributed by atoms with Crippen LogP contribution in [0.3, 0.4) is 0 Å². The van der Waals surface area contributed by atoms with Gasteiger partial charge in [-0.05, 0) is 28.1 Å². The molecule has 0 aliphatic heterocycles. The number of hydrogen-bond donors (Lipinski definition) is 2. The second kappa shape index (κ2) is 3.78. The number of carboxylic acids is 1. The van der Waals surface area contributed by atoms with Crippen molar-refractivity contribution in [3.8, 4) is 5.75 Å². The van der Waals surface area contributed by atoms with Gasteiger partial charge in [0.15, 0.2) is 0 Å². The highest BCUT2D eigenvalue weighted by molar-refractivity contribution is 9.10. The second-order valence-corrected chi connectivity index (χ2v) is 4.71. The average molecular weight is 299 g/mol. The monoisotopic (exact) mass is 298 g/mol. The molecule has 0 aliphatic carbocycles. The molecular formula is C7H4BrFO5S. The Morgan fingerprint density at radius 3 is 2.33 bits per heavy atom. The molecule has 82 valence electrons. The summed E-state index contributed by atoms with van der Waals surface area (Å²) in [5.74, 6) is -2.20. The van der Waals surface area contributed by atoms with Gasteiger partial charge in [-0.25, -0.2) is 4.79 Å². The molecule has 0 aliphatic rings. The van der Waals surface area contributed by atoms with Gasteiger partial charge in [0.25, 0.3) is 0 Å². The zero-order chi connectivity index (χ0) is 11.8. The number of aromatic carboxylic acids is 1. The largest absolute Gasteiger partial charge is 0.507 e. The van der Waals surface area contributed by atoms with Crippen LogP contribution in [0.5, 0.6) is 5.75 Å². The van der Waals surface area contributed by atoms with Gasteiger partial charge in [-0.1, -0.05) is 0 Å². The lowest BCUT2D eigenvalue weighted by atomic mass is 10.2. The molecule has 0 amide bonds. The lowest BCUT2D eigenvalue weighted by molar-refractivity contribution is 0.0693.